The molecule has 3 rings (SSSR count). The first-order chi connectivity index (χ1) is 8.18. The summed E-state index contributed by atoms with van der Waals surface area (Å²) in [6, 6.07) is 5.15. The van der Waals surface area contributed by atoms with E-state index in [1.165, 1.54) is 4.31 Å². The number of hydrogen-bond acceptors (Lipinski definition) is 4. The number of ether oxygens (including phenoxy) is 1. The van der Waals surface area contributed by atoms with Crippen molar-refractivity contribution in [2.75, 3.05) is 24.8 Å². The Morgan fingerprint density at radius 1 is 1.35 bits per heavy atom. The zero-order valence-corrected chi connectivity index (χ0v) is 10.9. The number of rotatable bonds is 2. The third-order valence-electron chi connectivity index (χ3n) is 3.02. The van der Waals surface area contributed by atoms with Crippen LogP contribution in [0.15, 0.2) is 23.1 Å². The Labute approximate surface area is 105 Å². The van der Waals surface area contributed by atoms with Crippen molar-refractivity contribution in [2.45, 2.75) is 11.3 Å². The topological polar surface area (TPSA) is 46.6 Å². The van der Waals surface area contributed by atoms with Crippen molar-refractivity contribution in [1.82, 2.24) is 4.31 Å². The van der Waals surface area contributed by atoms with E-state index >= 15 is 0 Å². The molecule has 1 fully saturated rings. The predicted molar refractivity (Wildman–Crippen MR) is 66.9 cm³/mol. The van der Waals surface area contributed by atoms with E-state index < -0.39 is 10.0 Å². The fraction of sp³-hybridized carbons (Fsp3) is 0.455. The Morgan fingerprint density at radius 2 is 2.24 bits per heavy atom. The van der Waals surface area contributed by atoms with Crippen LogP contribution in [0.3, 0.4) is 0 Å². The van der Waals surface area contributed by atoms with Gasteiger partial charge in [0, 0.05) is 18.7 Å². The monoisotopic (exact) mass is 271 g/mol. The van der Waals surface area contributed by atoms with Gasteiger partial charge in [-0.05, 0) is 23.8 Å². The standard InChI is InChI=1S/C11H13NO3S2/c13-17(14,12-4-6-16-8-12)10-1-2-11-9(7-10)3-5-15-11/h1-2,7H,3-6,8H2. The average Bonchev–Trinajstić information content (AvgIpc) is 2.99. The smallest absolute Gasteiger partial charge is 0.243 e. The second-order valence-corrected chi connectivity index (χ2v) is 7.10. The first-order valence-electron chi connectivity index (χ1n) is 5.51. The van der Waals surface area contributed by atoms with E-state index in [1.54, 1.807) is 30.0 Å². The minimum absolute atomic E-state index is 0.393. The van der Waals surface area contributed by atoms with Crippen LogP contribution in [0.25, 0.3) is 0 Å². The number of benzene rings is 1. The molecule has 0 spiro atoms. The summed E-state index contributed by atoms with van der Waals surface area (Å²) in [4.78, 5) is 0.393. The number of nitrogens with zero attached hydrogens (tertiary/aromatic N) is 1. The Balaban J connectivity index is 1.98. The average molecular weight is 271 g/mol. The lowest BCUT2D eigenvalue weighted by Crippen LogP contribution is -2.28. The highest BCUT2D eigenvalue weighted by Gasteiger charge is 2.28. The van der Waals surface area contributed by atoms with Gasteiger partial charge in [0.15, 0.2) is 0 Å². The molecule has 17 heavy (non-hydrogen) atoms. The van der Waals surface area contributed by atoms with Crippen molar-refractivity contribution >= 4 is 21.8 Å². The van der Waals surface area contributed by atoms with Gasteiger partial charge in [-0.15, -0.1) is 11.8 Å². The molecular formula is C11H13NO3S2. The van der Waals surface area contributed by atoms with E-state index in [0.717, 1.165) is 23.5 Å². The van der Waals surface area contributed by atoms with Crippen molar-refractivity contribution in [2.24, 2.45) is 0 Å². The van der Waals surface area contributed by atoms with Crippen LogP contribution in [0.5, 0.6) is 5.75 Å². The van der Waals surface area contributed by atoms with E-state index in [0.29, 0.717) is 23.9 Å². The van der Waals surface area contributed by atoms with Gasteiger partial charge in [0.05, 0.1) is 17.4 Å². The van der Waals surface area contributed by atoms with Crippen LogP contribution in [0.4, 0.5) is 0 Å². The minimum atomic E-state index is -3.30. The first-order valence-corrected chi connectivity index (χ1v) is 8.11. The zero-order chi connectivity index (χ0) is 11.9. The third-order valence-corrected chi connectivity index (χ3v) is 5.99. The second-order valence-electron chi connectivity index (χ2n) is 4.09. The maximum Gasteiger partial charge on any atom is 0.243 e. The SMILES string of the molecule is O=S(=O)(c1ccc2c(c1)CCO2)N1CCSC1. The van der Waals surface area contributed by atoms with Gasteiger partial charge >= 0.3 is 0 Å². The molecule has 0 radical (unpaired) electrons. The second kappa shape index (κ2) is 4.19. The van der Waals surface area contributed by atoms with Crippen LogP contribution in [0, 0.1) is 0 Å². The Hall–Kier alpha value is -0.720. The Morgan fingerprint density at radius 3 is 3.00 bits per heavy atom. The van der Waals surface area contributed by atoms with E-state index in [-0.39, 0.29) is 0 Å². The predicted octanol–water partition coefficient (Wildman–Crippen LogP) is 1.32. The molecule has 2 aliphatic heterocycles. The van der Waals surface area contributed by atoms with Gasteiger partial charge in [-0.2, -0.15) is 4.31 Å². The highest BCUT2D eigenvalue weighted by atomic mass is 32.2. The summed E-state index contributed by atoms with van der Waals surface area (Å²) in [5, 5.41) is 0. The molecule has 2 aliphatic rings. The third kappa shape index (κ3) is 1.94. The summed E-state index contributed by atoms with van der Waals surface area (Å²) >= 11 is 1.65. The number of fused-ring (bicyclic) bond motifs is 1. The number of thioether (sulfide) groups is 1. The van der Waals surface area contributed by atoms with Gasteiger partial charge in [-0.3, -0.25) is 0 Å². The van der Waals surface area contributed by atoms with E-state index in [4.69, 9.17) is 4.74 Å². The molecule has 1 aromatic rings. The molecule has 1 saturated heterocycles. The van der Waals surface area contributed by atoms with Crippen LogP contribution >= 0.6 is 11.8 Å². The number of sulfonamides is 1. The molecular weight excluding hydrogens is 258 g/mol. The van der Waals surface area contributed by atoms with Crippen molar-refractivity contribution in [3.8, 4) is 5.75 Å². The molecule has 0 N–H and O–H groups in total. The highest BCUT2D eigenvalue weighted by molar-refractivity contribution is 8.00. The Bertz CT molecular complexity index is 536. The molecule has 6 heteroatoms. The Kier molecular flexibility index (Phi) is 2.80. The van der Waals surface area contributed by atoms with Crippen molar-refractivity contribution in [3.63, 3.8) is 0 Å². The fourth-order valence-electron chi connectivity index (χ4n) is 2.06. The molecule has 0 bridgehead atoms. The zero-order valence-electron chi connectivity index (χ0n) is 9.26. The molecule has 0 aromatic heterocycles. The van der Waals surface area contributed by atoms with Crippen LogP contribution in [-0.2, 0) is 16.4 Å². The van der Waals surface area contributed by atoms with Gasteiger partial charge in [0.25, 0.3) is 0 Å². The first kappa shape index (κ1) is 11.4. The largest absolute Gasteiger partial charge is 0.493 e. The summed E-state index contributed by atoms with van der Waals surface area (Å²) in [6.07, 6.45) is 0.799. The fourth-order valence-corrected chi connectivity index (χ4v) is 4.93. The van der Waals surface area contributed by atoms with Crippen LogP contribution in [-0.4, -0.2) is 37.5 Å². The molecule has 0 saturated carbocycles. The maximum absolute atomic E-state index is 12.3. The van der Waals surface area contributed by atoms with Crippen LogP contribution < -0.4 is 4.74 Å². The van der Waals surface area contributed by atoms with E-state index in [1.807, 2.05) is 0 Å². The molecule has 0 aliphatic carbocycles. The summed E-state index contributed by atoms with van der Waals surface area (Å²) in [5.74, 6) is 2.27. The van der Waals surface area contributed by atoms with Crippen molar-refractivity contribution in [3.05, 3.63) is 23.8 Å². The number of hydrogen-bond donors (Lipinski definition) is 0. The lowest BCUT2D eigenvalue weighted by atomic mass is 10.2. The molecule has 0 unspecified atom stereocenters. The van der Waals surface area contributed by atoms with Crippen LogP contribution in [0.2, 0.25) is 0 Å². The molecule has 1 aromatic carbocycles. The van der Waals surface area contributed by atoms with E-state index in [2.05, 4.69) is 0 Å². The molecule has 0 amide bonds. The van der Waals surface area contributed by atoms with Gasteiger partial charge in [-0.1, -0.05) is 0 Å². The lowest BCUT2D eigenvalue weighted by Gasteiger charge is -2.15. The summed E-state index contributed by atoms with van der Waals surface area (Å²) in [6.45, 7) is 1.26. The molecule has 2 heterocycles. The maximum atomic E-state index is 12.3. The van der Waals surface area contributed by atoms with Gasteiger partial charge in [0.2, 0.25) is 10.0 Å². The molecule has 92 valence electrons. The van der Waals surface area contributed by atoms with Crippen molar-refractivity contribution in [1.29, 1.82) is 0 Å². The van der Waals surface area contributed by atoms with Gasteiger partial charge in [-0.25, -0.2) is 8.42 Å². The minimum Gasteiger partial charge on any atom is -0.493 e. The summed E-state index contributed by atoms with van der Waals surface area (Å²) in [7, 11) is -3.30. The molecule has 4 nitrogen and oxygen atoms in total. The normalized spacial score (nSPS) is 20.2. The summed E-state index contributed by atoms with van der Waals surface area (Å²) in [5.41, 5.74) is 0.998. The van der Waals surface area contributed by atoms with Crippen molar-refractivity contribution < 1.29 is 13.2 Å². The highest BCUT2D eigenvalue weighted by Crippen LogP contribution is 2.30. The summed E-state index contributed by atoms with van der Waals surface area (Å²) < 4.78 is 31.5. The van der Waals surface area contributed by atoms with Gasteiger partial charge in [0.1, 0.15) is 5.75 Å². The quantitative estimate of drug-likeness (QED) is 0.814. The molecule has 0 atom stereocenters. The van der Waals surface area contributed by atoms with E-state index in [9.17, 15) is 8.42 Å². The van der Waals surface area contributed by atoms with Crippen LogP contribution in [0.1, 0.15) is 5.56 Å². The van der Waals surface area contributed by atoms with Gasteiger partial charge < -0.3 is 4.74 Å². The lowest BCUT2D eigenvalue weighted by molar-refractivity contribution is 0.356.